The molecule has 2 heterocycles. The largest absolute Gasteiger partial charge is 0.278 e. The van der Waals surface area contributed by atoms with Crippen LogP contribution < -0.4 is 0 Å². The van der Waals surface area contributed by atoms with Gasteiger partial charge in [0.25, 0.3) is 0 Å². The van der Waals surface area contributed by atoms with Crippen molar-refractivity contribution in [3.63, 3.8) is 0 Å². The van der Waals surface area contributed by atoms with Crippen LogP contribution in [0.5, 0.6) is 0 Å². The maximum absolute atomic E-state index is 5.35. The van der Waals surface area contributed by atoms with Gasteiger partial charge >= 0.3 is 0 Å². The molecular formula is C59H36N4. The summed E-state index contributed by atoms with van der Waals surface area (Å²) in [6, 6.07) is 80.0. The minimum Gasteiger partial charge on any atom is -0.278 e. The van der Waals surface area contributed by atoms with Crippen LogP contribution in [0.2, 0.25) is 0 Å². The zero-order valence-corrected chi connectivity index (χ0v) is 34.1. The van der Waals surface area contributed by atoms with Crippen molar-refractivity contribution in [1.29, 1.82) is 0 Å². The van der Waals surface area contributed by atoms with Gasteiger partial charge in [-0.15, -0.1) is 0 Å². The molecule has 4 heteroatoms. The van der Waals surface area contributed by atoms with E-state index >= 15 is 0 Å². The monoisotopic (exact) mass is 800 g/mol. The number of aromatic nitrogens is 4. The fraction of sp³-hybridized carbons (Fsp3) is 0.0339. The maximum atomic E-state index is 5.35. The predicted molar refractivity (Wildman–Crippen MR) is 253 cm³/mol. The number of hydrogen-bond donors (Lipinski definition) is 0. The summed E-state index contributed by atoms with van der Waals surface area (Å²) < 4.78 is 2.29. The zero-order valence-electron chi connectivity index (χ0n) is 34.1. The van der Waals surface area contributed by atoms with Crippen LogP contribution in [0.3, 0.4) is 0 Å². The van der Waals surface area contributed by atoms with Crippen molar-refractivity contribution >= 4 is 21.8 Å². The Kier molecular flexibility index (Phi) is 6.94. The highest BCUT2D eigenvalue weighted by Gasteiger charge is 2.59. The van der Waals surface area contributed by atoms with Crippen molar-refractivity contribution in [1.82, 2.24) is 19.5 Å². The average molecular weight is 801 g/mol. The van der Waals surface area contributed by atoms with Crippen molar-refractivity contribution in [2.75, 3.05) is 0 Å². The summed E-state index contributed by atoms with van der Waals surface area (Å²) in [5.74, 6) is 1.84. The van der Waals surface area contributed by atoms with E-state index in [4.69, 9.17) is 15.0 Å². The van der Waals surface area contributed by atoms with Gasteiger partial charge in [-0.3, -0.25) is 4.57 Å². The molecule has 0 fully saturated rings. The quantitative estimate of drug-likeness (QED) is 0.179. The first kappa shape index (κ1) is 34.5. The third-order valence-corrected chi connectivity index (χ3v) is 14.1. The van der Waals surface area contributed by atoms with Crippen molar-refractivity contribution in [2.45, 2.75) is 10.8 Å². The van der Waals surface area contributed by atoms with Gasteiger partial charge in [0.15, 0.2) is 11.6 Å². The minimum atomic E-state index is -0.629. The van der Waals surface area contributed by atoms with E-state index in [1.165, 1.54) is 66.8 Å². The first-order valence-corrected chi connectivity index (χ1v) is 21.7. The maximum Gasteiger partial charge on any atom is 0.238 e. The minimum absolute atomic E-state index is 0.581. The van der Waals surface area contributed by atoms with Crippen LogP contribution in [-0.2, 0) is 10.8 Å². The highest BCUT2D eigenvalue weighted by molar-refractivity contribution is 6.11. The van der Waals surface area contributed by atoms with Crippen LogP contribution in [-0.4, -0.2) is 19.5 Å². The summed E-state index contributed by atoms with van der Waals surface area (Å²) in [5, 5.41) is 2.30. The second-order valence-electron chi connectivity index (χ2n) is 17.0. The molecule has 292 valence electrons. The molecule has 9 aromatic carbocycles. The van der Waals surface area contributed by atoms with Crippen LogP contribution in [0.15, 0.2) is 218 Å². The van der Waals surface area contributed by atoms with E-state index in [-0.39, 0.29) is 0 Å². The summed E-state index contributed by atoms with van der Waals surface area (Å²) in [6.07, 6.45) is 0. The van der Waals surface area contributed by atoms with Gasteiger partial charge in [-0.1, -0.05) is 200 Å². The number of benzene rings is 9. The van der Waals surface area contributed by atoms with E-state index in [9.17, 15) is 0 Å². The van der Waals surface area contributed by atoms with Gasteiger partial charge in [0.1, 0.15) is 0 Å². The first-order chi connectivity index (χ1) is 31.3. The van der Waals surface area contributed by atoms with E-state index in [0.717, 1.165) is 32.9 Å². The molecule has 0 saturated heterocycles. The van der Waals surface area contributed by atoms with Crippen molar-refractivity contribution in [3.8, 4) is 51.0 Å². The Morgan fingerprint density at radius 3 is 1.14 bits per heavy atom. The van der Waals surface area contributed by atoms with Crippen molar-refractivity contribution in [2.24, 2.45) is 0 Å². The molecule has 0 aliphatic heterocycles. The molecule has 0 amide bonds. The lowest BCUT2D eigenvalue weighted by Gasteiger charge is -2.49. The molecule has 2 aromatic heterocycles. The Morgan fingerprint density at radius 1 is 0.286 bits per heavy atom. The number of hydrogen-bond acceptors (Lipinski definition) is 3. The molecule has 0 atom stereocenters. The Hall–Kier alpha value is -8.21. The van der Waals surface area contributed by atoms with Gasteiger partial charge in [-0.2, -0.15) is 9.97 Å². The number of nitrogens with zero attached hydrogens (tertiary/aromatic N) is 4. The summed E-state index contributed by atoms with van der Waals surface area (Å²) in [4.78, 5) is 15.8. The number of para-hydroxylation sites is 1. The summed E-state index contributed by atoms with van der Waals surface area (Å²) in [5.41, 5.74) is 18.3. The summed E-state index contributed by atoms with van der Waals surface area (Å²) >= 11 is 0. The van der Waals surface area contributed by atoms with Gasteiger partial charge in [0.2, 0.25) is 5.95 Å². The second kappa shape index (κ2) is 12.7. The molecule has 0 unspecified atom stereocenters. The molecule has 14 rings (SSSR count). The molecule has 63 heavy (non-hydrogen) atoms. The molecule has 0 radical (unpaired) electrons. The lowest BCUT2D eigenvalue weighted by atomic mass is 9.52. The number of fused-ring (bicyclic) bond motifs is 19. The lowest BCUT2D eigenvalue weighted by Crippen LogP contribution is -2.43. The van der Waals surface area contributed by atoms with Crippen LogP contribution in [0.4, 0.5) is 0 Å². The standard InChI is InChI=1S/C59H36N4/c1-3-19-37(20-4-1)55-60-56(38-21-5-2-6-22-38)62-57(61-55)63-53-34-18-11-27-43(53)44-35-51-52(36-54(44)63)59(47-30-14-9-25-41(47)42-26-10-15-31-48(42)59)50-33-17-16-32-49(50)58(51)45-28-12-7-23-39(45)40-24-8-13-29-46(40)58/h1-36H. The molecule has 0 N–H and O–H groups in total. The molecule has 4 nitrogen and oxygen atoms in total. The van der Waals surface area contributed by atoms with Crippen LogP contribution >= 0.6 is 0 Å². The third kappa shape index (κ3) is 4.37. The van der Waals surface area contributed by atoms with E-state index in [0.29, 0.717) is 17.6 Å². The Morgan fingerprint density at radius 2 is 0.667 bits per heavy atom. The SMILES string of the molecule is c1ccc(-c2nc(-c3ccccc3)nc(-n3c4ccccc4c4cc5c(cc43)C3(c4ccccc4-c4ccccc43)c3ccccc3C53c4ccccc4-c4ccccc43)n2)cc1. The smallest absolute Gasteiger partial charge is 0.238 e. The molecule has 11 aromatic rings. The van der Waals surface area contributed by atoms with Crippen molar-refractivity contribution < 1.29 is 0 Å². The summed E-state index contributed by atoms with van der Waals surface area (Å²) in [7, 11) is 0. The Bertz CT molecular complexity index is 3550. The zero-order chi connectivity index (χ0) is 41.3. The van der Waals surface area contributed by atoms with Gasteiger partial charge in [0, 0.05) is 21.9 Å². The van der Waals surface area contributed by atoms with E-state index < -0.39 is 10.8 Å². The van der Waals surface area contributed by atoms with Gasteiger partial charge in [-0.25, -0.2) is 4.98 Å². The topological polar surface area (TPSA) is 43.6 Å². The van der Waals surface area contributed by atoms with Crippen molar-refractivity contribution in [3.05, 3.63) is 263 Å². The third-order valence-electron chi connectivity index (χ3n) is 14.1. The summed E-state index contributed by atoms with van der Waals surface area (Å²) in [6.45, 7) is 0. The Balaban J connectivity index is 1.19. The van der Waals surface area contributed by atoms with Gasteiger partial charge in [-0.05, 0) is 85.0 Å². The average Bonchev–Trinajstić information content (AvgIpc) is 3.96. The fourth-order valence-electron chi connectivity index (χ4n) is 11.8. The van der Waals surface area contributed by atoms with Gasteiger partial charge in [0.05, 0.1) is 21.9 Å². The predicted octanol–water partition coefficient (Wildman–Crippen LogP) is 13.3. The molecule has 0 saturated carbocycles. The number of rotatable bonds is 3. The second-order valence-corrected chi connectivity index (χ2v) is 17.0. The first-order valence-electron chi connectivity index (χ1n) is 21.7. The fourth-order valence-corrected chi connectivity index (χ4v) is 11.8. The molecular weight excluding hydrogens is 765 g/mol. The molecule has 3 aliphatic carbocycles. The highest BCUT2D eigenvalue weighted by atomic mass is 15.2. The van der Waals surface area contributed by atoms with Gasteiger partial charge < -0.3 is 0 Å². The van der Waals surface area contributed by atoms with E-state index in [1.807, 2.05) is 36.4 Å². The van der Waals surface area contributed by atoms with Crippen LogP contribution in [0, 0.1) is 0 Å². The highest BCUT2D eigenvalue weighted by Crippen LogP contribution is 2.67. The molecule has 0 bridgehead atoms. The van der Waals surface area contributed by atoms with E-state index in [1.54, 1.807) is 0 Å². The van der Waals surface area contributed by atoms with Crippen LogP contribution in [0.1, 0.15) is 44.5 Å². The molecule has 3 aliphatic rings. The lowest BCUT2D eigenvalue weighted by molar-refractivity contribution is 0.634. The normalized spacial score (nSPS) is 14.3. The Labute approximate surface area is 364 Å². The molecule has 2 spiro atoms. The van der Waals surface area contributed by atoms with E-state index in [2.05, 4.69) is 187 Å². The van der Waals surface area contributed by atoms with Crippen LogP contribution in [0.25, 0.3) is 72.8 Å².